The van der Waals surface area contributed by atoms with Crippen LogP contribution < -0.4 is 10.6 Å². The predicted molar refractivity (Wildman–Crippen MR) is 64.8 cm³/mol. The minimum Gasteiger partial charge on any atom is -0.355 e. The molecule has 0 unspecified atom stereocenters. The van der Waals surface area contributed by atoms with Gasteiger partial charge in [0, 0.05) is 12.1 Å². The molecule has 0 bridgehead atoms. The third-order valence-corrected chi connectivity index (χ3v) is 2.06. The van der Waals surface area contributed by atoms with Crippen LogP contribution in [0.4, 0.5) is 0 Å². The van der Waals surface area contributed by atoms with Crippen molar-refractivity contribution in [3.05, 3.63) is 0 Å². The van der Waals surface area contributed by atoms with E-state index in [-0.39, 0.29) is 17.5 Å². The second-order valence-corrected chi connectivity index (χ2v) is 5.59. The van der Waals surface area contributed by atoms with E-state index in [4.69, 9.17) is 0 Å². The predicted octanol–water partition coefficient (Wildman–Crippen LogP) is 1.93. The fourth-order valence-electron chi connectivity index (χ4n) is 1.35. The van der Waals surface area contributed by atoms with E-state index in [1.165, 1.54) is 0 Å². The lowest BCUT2D eigenvalue weighted by molar-refractivity contribution is -0.123. The van der Waals surface area contributed by atoms with Crippen molar-refractivity contribution in [1.82, 2.24) is 10.6 Å². The van der Waals surface area contributed by atoms with Crippen molar-refractivity contribution in [2.75, 3.05) is 6.54 Å². The van der Waals surface area contributed by atoms with E-state index < -0.39 is 0 Å². The molecule has 0 saturated carbocycles. The minimum atomic E-state index is -0.128. The van der Waals surface area contributed by atoms with E-state index in [2.05, 4.69) is 45.3 Å². The Morgan fingerprint density at radius 3 is 2.13 bits per heavy atom. The maximum Gasteiger partial charge on any atom is 0.236 e. The van der Waals surface area contributed by atoms with Crippen molar-refractivity contribution < 1.29 is 4.79 Å². The Hall–Kier alpha value is -0.570. The summed E-state index contributed by atoms with van der Waals surface area (Å²) in [5, 5.41) is 6.18. The highest BCUT2D eigenvalue weighted by Crippen LogP contribution is 2.01. The van der Waals surface area contributed by atoms with Gasteiger partial charge in [0.1, 0.15) is 0 Å². The van der Waals surface area contributed by atoms with Crippen LogP contribution in [0.5, 0.6) is 0 Å². The highest BCUT2D eigenvalue weighted by molar-refractivity contribution is 5.81. The third-order valence-electron chi connectivity index (χ3n) is 2.06. The van der Waals surface area contributed by atoms with Crippen molar-refractivity contribution in [1.29, 1.82) is 0 Å². The SMILES string of the molecule is CC(C)CCNC(=O)[C@H](C)NC(C)(C)C. The smallest absolute Gasteiger partial charge is 0.236 e. The first-order valence-electron chi connectivity index (χ1n) is 5.78. The molecule has 0 radical (unpaired) electrons. The second kappa shape index (κ2) is 6.11. The molecule has 1 atom stereocenters. The molecule has 0 aliphatic heterocycles. The molecular formula is C12H26N2O. The van der Waals surface area contributed by atoms with Crippen LogP contribution in [0.3, 0.4) is 0 Å². The summed E-state index contributed by atoms with van der Waals surface area (Å²) < 4.78 is 0. The molecule has 0 aromatic carbocycles. The first kappa shape index (κ1) is 14.4. The van der Waals surface area contributed by atoms with Crippen molar-refractivity contribution in [2.24, 2.45) is 5.92 Å². The van der Waals surface area contributed by atoms with E-state index in [1.54, 1.807) is 0 Å². The summed E-state index contributed by atoms with van der Waals surface area (Å²) in [5.74, 6) is 0.724. The van der Waals surface area contributed by atoms with Gasteiger partial charge in [0.2, 0.25) is 5.91 Å². The maximum absolute atomic E-state index is 11.6. The van der Waals surface area contributed by atoms with Crippen molar-refractivity contribution in [3.8, 4) is 0 Å². The highest BCUT2D eigenvalue weighted by Gasteiger charge is 2.18. The Bertz CT molecular complexity index is 194. The maximum atomic E-state index is 11.6. The first-order chi connectivity index (χ1) is 6.72. The van der Waals surface area contributed by atoms with Gasteiger partial charge in [0.15, 0.2) is 0 Å². The van der Waals surface area contributed by atoms with E-state index in [9.17, 15) is 4.79 Å². The minimum absolute atomic E-state index is 0.0190. The van der Waals surface area contributed by atoms with E-state index >= 15 is 0 Å². The molecular weight excluding hydrogens is 188 g/mol. The van der Waals surface area contributed by atoms with E-state index in [0.29, 0.717) is 5.92 Å². The number of rotatable bonds is 5. The normalized spacial score (nSPS) is 14.1. The van der Waals surface area contributed by atoms with Crippen LogP contribution in [-0.2, 0) is 4.79 Å². The molecule has 0 saturated heterocycles. The van der Waals surface area contributed by atoms with Crippen LogP contribution in [0, 0.1) is 5.92 Å². The topological polar surface area (TPSA) is 41.1 Å². The number of carbonyl (C=O) groups excluding carboxylic acids is 1. The fraction of sp³-hybridized carbons (Fsp3) is 0.917. The summed E-state index contributed by atoms with van der Waals surface area (Å²) in [6, 6.07) is -0.128. The zero-order chi connectivity index (χ0) is 12.1. The van der Waals surface area contributed by atoms with E-state index in [0.717, 1.165) is 13.0 Å². The number of hydrogen-bond donors (Lipinski definition) is 2. The number of carbonyl (C=O) groups is 1. The van der Waals surface area contributed by atoms with Gasteiger partial charge in [-0.1, -0.05) is 13.8 Å². The molecule has 3 heteroatoms. The third kappa shape index (κ3) is 8.43. The summed E-state index contributed by atoms with van der Waals surface area (Å²) in [7, 11) is 0. The molecule has 0 aromatic rings. The van der Waals surface area contributed by atoms with Crippen LogP contribution in [0.1, 0.15) is 48.0 Å². The molecule has 0 spiro atoms. The summed E-state index contributed by atoms with van der Waals surface area (Å²) in [6.45, 7) is 13.2. The Morgan fingerprint density at radius 2 is 1.73 bits per heavy atom. The molecule has 0 aliphatic carbocycles. The molecule has 0 aliphatic rings. The monoisotopic (exact) mass is 214 g/mol. The quantitative estimate of drug-likeness (QED) is 0.734. The number of nitrogens with one attached hydrogen (secondary N) is 2. The van der Waals surface area contributed by atoms with Gasteiger partial charge in [-0.15, -0.1) is 0 Å². The lowest BCUT2D eigenvalue weighted by Gasteiger charge is -2.25. The standard InChI is InChI=1S/C12H26N2O/c1-9(2)7-8-13-11(15)10(3)14-12(4,5)6/h9-10,14H,7-8H2,1-6H3,(H,13,15)/t10-/m0/s1. The van der Waals surface area contributed by atoms with Crippen LogP contribution in [-0.4, -0.2) is 24.0 Å². The molecule has 90 valence electrons. The summed E-state index contributed by atoms with van der Waals surface area (Å²) in [4.78, 5) is 11.6. The zero-order valence-corrected chi connectivity index (χ0v) is 11.0. The fourth-order valence-corrected chi connectivity index (χ4v) is 1.35. The molecule has 2 N–H and O–H groups in total. The summed E-state index contributed by atoms with van der Waals surface area (Å²) in [5.41, 5.74) is -0.0190. The molecule has 3 nitrogen and oxygen atoms in total. The molecule has 0 heterocycles. The van der Waals surface area contributed by atoms with Gasteiger partial charge in [0.25, 0.3) is 0 Å². The molecule has 0 rings (SSSR count). The molecule has 15 heavy (non-hydrogen) atoms. The average molecular weight is 214 g/mol. The van der Waals surface area contributed by atoms with Gasteiger partial charge in [-0.3, -0.25) is 4.79 Å². The van der Waals surface area contributed by atoms with E-state index in [1.807, 2.05) is 6.92 Å². The Kier molecular flexibility index (Phi) is 5.88. The van der Waals surface area contributed by atoms with Crippen molar-refractivity contribution >= 4 is 5.91 Å². The van der Waals surface area contributed by atoms with Gasteiger partial charge in [-0.05, 0) is 40.0 Å². The highest BCUT2D eigenvalue weighted by atomic mass is 16.2. The molecule has 0 aromatic heterocycles. The van der Waals surface area contributed by atoms with Crippen molar-refractivity contribution in [2.45, 2.75) is 59.5 Å². The largest absolute Gasteiger partial charge is 0.355 e. The van der Waals surface area contributed by atoms with Crippen molar-refractivity contribution in [3.63, 3.8) is 0 Å². The second-order valence-electron chi connectivity index (χ2n) is 5.59. The zero-order valence-electron chi connectivity index (χ0n) is 11.0. The lowest BCUT2D eigenvalue weighted by Crippen LogP contribution is -2.50. The van der Waals surface area contributed by atoms with Gasteiger partial charge in [0.05, 0.1) is 6.04 Å². The molecule has 0 fully saturated rings. The summed E-state index contributed by atoms with van der Waals surface area (Å²) in [6.07, 6.45) is 1.04. The number of amides is 1. The number of hydrogen-bond acceptors (Lipinski definition) is 2. The van der Waals surface area contributed by atoms with Crippen LogP contribution in [0.15, 0.2) is 0 Å². The first-order valence-corrected chi connectivity index (χ1v) is 5.78. The lowest BCUT2D eigenvalue weighted by atomic mass is 10.1. The Labute approximate surface area is 94.0 Å². The Balaban J connectivity index is 3.80. The Morgan fingerprint density at radius 1 is 1.20 bits per heavy atom. The average Bonchev–Trinajstić information content (AvgIpc) is 1.99. The van der Waals surface area contributed by atoms with Crippen LogP contribution in [0.25, 0.3) is 0 Å². The van der Waals surface area contributed by atoms with Crippen LogP contribution in [0.2, 0.25) is 0 Å². The molecule has 1 amide bonds. The van der Waals surface area contributed by atoms with Gasteiger partial charge < -0.3 is 10.6 Å². The van der Waals surface area contributed by atoms with Gasteiger partial charge in [-0.25, -0.2) is 0 Å². The van der Waals surface area contributed by atoms with Crippen LogP contribution >= 0.6 is 0 Å². The summed E-state index contributed by atoms with van der Waals surface area (Å²) >= 11 is 0. The van der Waals surface area contributed by atoms with Gasteiger partial charge in [-0.2, -0.15) is 0 Å². The van der Waals surface area contributed by atoms with Gasteiger partial charge >= 0.3 is 0 Å².